The summed E-state index contributed by atoms with van der Waals surface area (Å²) < 4.78 is 7.93. The molecule has 0 bridgehead atoms. The number of amides is 2. The number of hydrogen-bond donors (Lipinski definition) is 0. The van der Waals surface area contributed by atoms with Gasteiger partial charge in [-0.3, -0.25) is 9.59 Å². The Bertz CT molecular complexity index is 558. The Labute approximate surface area is 130 Å². The van der Waals surface area contributed by atoms with Crippen LogP contribution in [0.15, 0.2) is 24.5 Å². The van der Waals surface area contributed by atoms with Gasteiger partial charge in [-0.05, 0) is 41.6 Å². The maximum atomic E-state index is 12.3. The molecule has 110 valence electrons. The highest BCUT2D eigenvalue weighted by atomic mass is 32.1. The van der Waals surface area contributed by atoms with E-state index in [2.05, 4.69) is 8.75 Å². The van der Waals surface area contributed by atoms with Crippen LogP contribution in [0.2, 0.25) is 0 Å². The minimum atomic E-state index is 0.00425. The van der Waals surface area contributed by atoms with E-state index in [1.54, 1.807) is 34.3 Å². The van der Waals surface area contributed by atoms with Crippen LogP contribution in [0.4, 0.5) is 0 Å². The van der Waals surface area contributed by atoms with Crippen molar-refractivity contribution in [3.8, 4) is 0 Å². The van der Waals surface area contributed by atoms with E-state index < -0.39 is 0 Å². The minimum Gasteiger partial charge on any atom is -0.336 e. The summed E-state index contributed by atoms with van der Waals surface area (Å²) in [6.45, 7) is 2.45. The van der Waals surface area contributed by atoms with Crippen LogP contribution in [0.1, 0.15) is 25.8 Å². The molecule has 0 aliphatic carbocycles. The van der Waals surface area contributed by atoms with Crippen molar-refractivity contribution in [1.29, 1.82) is 0 Å². The Kier molecular flexibility index (Phi) is 4.26. The fraction of sp³-hybridized carbons (Fsp3) is 0.385. The van der Waals surface area contributed by atoms with E-state index in [1.807, 2.05) is 0 Å². The highest BCUT2D eigenvalue weighted by Crippen LogP contribution is 2.15. The smallest absolute Gasteiger partial charge is 0.265 e. The Morgan fingerprint density at radius 2 is 1.33 bits per heavy atom. The summed E-state index contributed by atoms with van der Waals surface area (Å²) in [5.74, 6) is 0.00850. The number of aromatic nitrogens is 2. The Morgan fingerprint density at radius 3 is 1.71 bits per heavy atom. The van der Waals surface area contributed by atoms with Gasteiger partial charge < -0.3 is 9.80 Å². The van der Waals surface area contributed by atoms with Crippen molar-refractivity contribution >= 4 is 34.9 Å². The fourth-order valence-corrected chi connectivity index (χ4v) is 3.42. The van der Waals surface area contributed by atoms with E-state index in [1.165, 1.54) is 23.1 Å². The van der Waals surface area contributed by atoms with Crippen LogP contribution >= 0.6 is 23.1 Å². The monoisotopic (exact) mass is 322 g/mol. The van der Waals surface area contributed by atoms with Crippen LogP contribution in [0.25, 0.3) is 0 Å². The van der Waals surface area contributed by atoms with Gasteiger partial charge >= 0.3 is 0 Å². The molecule has 21 heavy (non-hydrogen) atoms. The maximum absolute atomic E-state index is 12.3. The predicted molar refractivity (Wildman–Crippen MR) is 80.7 cm³/mol. The molecule has 0 spiro atoms. The molecule has 0 radical (unpaired) electrons. The SMILES string of the molecule is O=C(c1ccns1)N1CCCN(C(=O)c2ccns2)CC1. The first-order valence-electron chi connectivity index (χ1n) is 6.65. The van der Waals surface area contributed by atoms with Crippen LogP contribution in [0, 0.1) is 0 Å². The molecule has 0 atom stereocenters. The molecule has 0 aromatic carbocycles. The summed E-state index contributed by atoms with van der Waals surface area (Å²) in [6, 6.07) is 3.47. The second-order valence-corrected chi connectivity index (χ2v) is 6.36. The summed E-state index contributed by atoms with van der Waals surface area (Å²) in [4.78, 5) is 29.5. The molecule has 0 N–H and O–H groups in total. The van der Waals surface area contributed by atoms with Crippen molar-refractivity contribution < 1.29 is 9.59 Å². The lowest BCUT2D eigenvalue weighted by molar-refractivity contribution is 0.0723. The number of nitrogens with zero attached hydrogens (tertiary/aromatic N) is 4. The molecule has 1 saturated heterocycles. The van der Waals surface area contributed by atoms with E-state index in [0.717, 1.165) is 6.42 Å². The van der Waals surface area contributed by atoms with Crippen LogP contribution in [0.3, 0.4) is 0 Å². The number of hydrogen-bond acceptors (Lipinski definition) is 6. The van der Waals surface area contributed by atoms with Crippen molar-refractivity contribution in [2.75, 3.05) is 26.2 Å². The second-order valence-electron chi connectivity index (χ2n) is 4.69. The summed E-state index contributed by atoms with van der Waals surface area (Å²) in [5, 5.41) is 0. The van der Waals surface area contributed by atoms with E-state index >= 15 is 0 Å². The van der Waals surface area contributed by atoms with Crippen LogP contribution < -0.4 is 0 Å². The molecular formula is C13H14N4O2S2. The van der Waals surface area contributed by atoms with Gasteiger partial charge in [-0.1, -0.05) is 0 Å². The number of carbonyl (C=O) groups is 2. The lowest BCUT2D eigenvalue weighted by Crippen LogP contribution is -2.36. The van der Waals surface area contributed by atoms with Gasteiger partial charge in [0, 0.05) is 38.6 Å². The first-order valence-corrected chi connectivity index (χ1v) is 8.20. The lowest BCUT2D eigenvalue weighted by atomic mass is 10.3. The van der Waals surface area contributed by atoms with Crippen LogP contribution in [-0.4, -0.2) is 56.5 Å². The summed E-state index contributed by atoms with van der Waals surface area (Å²) in [6.07, 6.45) is 4.06. The average Bonchev–Trinajstić information content (AvgIpc) is 3.15. The highest BCUT2D eigenvalue weighted by Gasteiger charge is 2.24. The Hall–Kier alpha value is -1.80. The number of rotatable bonds is 2. The third kappa shape index (κ3) is 3.11. The van der Waals surface area contributed by atoms with Gasteiger partial charge in [-0.25, -0.2) is 8.75 Å². The normalized spacial score (nSPS) is 15.8. The zero-order valence-corrected chi connectivity index (χ0v) is 12.9. The first-order chi connectivity index (χ1) is 10.3. The van der Waals surface area contributed by atoms with E-state index in [-0.39, 0.29) is 11.8 Å². The maximum Gasteiger partial charge on any atom is 0.265 e. The highest BCUT2D eigenvalue weighted by molar-refractivity contribution is 7.08. The third-order valence-corrected chi connectivity index (χ3v) is 4.84. The third-order valence-electron chi connectivity index (χ3n) is 3.37. The van der Waals surface area contributed by atoms with Crippen LogP contribution in [-0.2, 0) is 0 Å². The largest absolute Gasteiger partial charge is 0.336 e. The second kappa shape index (κ2) is 6.31. The zero-order chi connectivity index (χ0) is 14.7. The molecule has 1 aliphatic rings. The predicted octanol–water partition coefficient (Wildman–Crippen LogP) is 1.59. The quantitative estimate of drug-likeness (QED) is 0.842. The summed E-state index contributed by atoms with van der Waals surface area (Å²) in [7, 11) is 0. The van der Waals surface area contributed by atoms with E-state index in [0.29, 0.717) is 35.9 Å². The molecule has 1 fully saturated rings. The topological polar surface area (TPSA) is 66.4 Å². The van der Waals surface area contributed by atoms with Gasteiger partial charge in [0.1, 0.15) is 9.75 Å². The van der Waals surface area contributed by atoms with Gasteiger partial charge in [-0.15, -0.1) is 0 Å². The van der Waals surface area contributed by atoms with Crippen molar-refractivity contribution in [1.82, 2.24) is 18.5 Å². The van der Waals surface area contributed by atoms with Gasteiger partial charge in [0.15, 0.2) is 0 Å². The van der Waals surface area contributed by atoms with Gasteiger partial charge in [0.25, 0.3) is 11.8 Å². The van der Waals surface area contributed by atoms with Crippen molar-refractivity contribution in [2.45, 2.75) is 6.42 Å². The van der Waals surface area contributed by atoms with Crippen molar-refractivity contribution in [3.05, 3.63) is 34.3 Å². The van der Waals surface area contributed by atoms with Gasteiger partial charge in [-0.2, -0.15) is 0 Å². The van der Waals surface area contributed by atoms with E-state index in [9.17, 15) is 9.59 Å². The fourth-order valence-electron chi connectivity index (χ4n) is 2.29. The Morgan fingerprint density at radius 1 is 0.857 bits per heavy atom. The molecule has 8 heteroatoms. The van der Waals surface area contributed by atoms with Crippen LogP contribution in [0.5, 0.6) is 0 Å². The minimum absolute atomic E-state index is 0.00425. The van der Waals surface area contributed by atoms with Gasteiger partial charge in [0.2, 0.25) is 0 Å². The van der Waals surface area contributed by atoms with Crippen molar-refractivity contribution in [3.63, 3.8) is 0 Å². The molecule has 2 aromatic rings. The van der Waals surface area contributed by atoms with Crippen molar-refractivity contribution in [2.24, 2.45) is 0 Å². The molecule has 0 unspecified atom stereocenters. The molecular weight excluding hydrogens is 308 g/mol. The number of carbonyl (C=O) groups excluding carboxylic acids is 2. The Balaban J connectivity index is 1.64. The zero-order valence-electron chi connectivity index (χ0n) is 11.3. The molecule has 6 nitrogen and oxygen atoms in total. The standard InChI is InChI=1S/C13H14N4O2S2/c18-12(10-2-4-14-20-10)16-6-1-7-17(9-8-16)13(19)11-3-5-15-21-11/h2-5H,1,6-9H2. The average molecular weight is 322 g/mol. The molecule has 2 aromatic heterocycles. The molecule has 3 rings (SSSR count). The molecule has 0 saturated carbocycles. The van der Waals surface area contributed by atoms with E-state index in [4.69, 9.17) is 0 Å². The lowest BCUT2D eigenvalue weighted by Gasteiger charge is -2.21. The molecule has 1 aliphatic heterocycles. The summed E-state index contributed by atoms with van der Waals surface area (Å²) >= 11 is 2.42. The summed E-state index contributed by atoms with van der Waals surface area (Å²) in [5.41, 5.74) is 0. The van der Waals surface area contributed by atoms with Gasteiger partial charge in [0.05, 0.1) is 0 Å². The first kappa shape index (κ1) is 14.2. The molecule has 2 amide bonds. The molecule has 3 heterocycles.